The topological polar surface area (TPSA) is 3.24 Å². The highest BCUT2D eigenvalue weighted by atomic mass is 35.5. The molecule has 0 saturated carbocycles. The minimum Gasteiger partial charge on any atom is -0.302 e. The van der Waals surface area contributed by atoms with Gasteiger partial charge in [0.1, 0.15) is 0 Å². The molecule has 3 atom stereocenters. The summed E-state index contributed by atoms with van der Waals surface area (Å²) in [6.45, 7) is 2.94. The highest BCUT2D eigenvalue weighted by molar-refractivity contribution is 5.85. The van der Waals surface area contributed by atoms with Gasteiger partial charge in [0.05, 0.1) is 5.56 Å². The van der Waals surface area contributed by atoms with Gasteiger partial charge in [-0.15, -0.1) is 12.4 Å². The zero-order valence-corrected chi connectivity index (χ0v) is 16.4. The molecule has 0 spiro atoms. The first-order valence-corrected chi connectivity index (χ1v) is 9.29. The predicted octanol–water partition coefficient (Wildman–Crippen LogP) is 5.64. The van der Waals surface area contributed by atoms with Crippen LogP contribution in [0.15, 0.2) is 42.5 Å². The monoisotopic (exact) mass is 395 g/mol. The summed E-state index contributed by atoms with van der Waals surface area (Å²) in [5, 5.41) is 0. The van der Waals surface area contributed by atoms with Crippen molar-refractivity contribution in [2.75, 3.05) is 13.6 Å². The first kappa shape index (κ1) is 20.2. The molecule has 0 aromatic heterocycles. The van der Waals surface area contributed by atoms with Gasteiger partial charge in [0.15, 0.2) is 0 Å². The maximum Gasteiger partial charge on any atom is 0.416 e. The molecule has 1 nitrogen and oxygen atoms in total. The first-order chi connectivity index (χ1) is 12.3. The number of hydrogen-bond donors (Lipinski definition) is 0. The van der Waals surface area contributed by atoms with E-state index in [-0.39, 0.29) is 18.3 Å². The molecule has 0 radical (unpaired) electrons. The van der Waals surface area contributed by atoms with E-state index in [0.29, 0.717) is 23.9 Å². The molecule has 0 bridgehead atoms. The summed E-state index contributed by atoms with van der Waals surface area (Å²) in [6, 6.07) is 13.7. The normalized spacial score (nSPS) is 24.9. The first-order valence-electron chi connectivity index (χ1n) is 9.29. The third-order valence-corrected chi connectivity index (χ3v) is 6.23. The van der Waals surface area contributed by atoms with Crippen molar-refractivity contribution < 1.29 is 13.2 Å². The Morgan fingerprint density at radius 3 is 2.56 bits per heavy atom. The van der Waals surface area contributed by atoms with Gasteiger partial charge in [-0.2, -0.15) is 13.2 Å². The van der Waals surface area contributed by atoms with Gasteiger partial charge in [-0.05, 0) is 61.9 Å². The van der Waals surface area contributed by atoms with Crippen molar-refractivity contribution in [2.24, 2.45) is 5.92 Å². The van der Waals surface area contributed by atoms with E-state index < -0.39 is 11.7 Å². The molecule has 1 heterocycles. The molecule has 1 aliphatic heterocycles. The van der Waals surface area contributed by atoms with Crippen molar-refractivity contribution in [2.45, 2.75) is 44.3 Å². The summed E-state index contributed by atoms with van der Waals surface area (Å²) in [4.78, 5) is 2.35. The molecule has 0 N–H and O–H groups in total. The van der Waals surface area contributed by atoms with Gasteiger partial charge >= 0.3 is 6.18 Å². The van der Waals surface area contributed by atoms with E-state index >= 15 is 0 Å². The Labute approximate surface area is 165 Å². The summed E-state index contributed by atoms with van der Waals surface area (Å²) >= 11 is 0. The fraction of sp³-hybridized carbons (Fsp3) is 0.455. The van der Waals surface area contributed by atoms with Crippen molar-refractivity contribution in [3.8, 4) is 0 Å². The Hall–Kier alpha value is -1.52. The number of halogens is 4. The zero-order valence-electron chi connectivity index (χ0n) is 15.6. The predicted molar refractivity (Wildman–Crippen MR) is 105 cm³/mol. The van der Waals surface area contributed by atoms with Crippen LogP contribution in [-0.4, -0.2) is 24.5 Å². The summed E-state index contributed by atoms with van der Waals surface area (Å²) < 4.78 is 40.2. The van der Waals surface area contributed by atoms with Gasteiger partial charge in [0, 0.05) is 18.5 Å². The van der Waals surface area contributed by atoms with E-state index in [0.717, 1.165) is 24.9 Å². The van der Waals surface area contributed by atoms with Crippen LogP contribution in [0.25, 0.3) is 0 Å². The molecule has 2 aliphatic rings. The van der Waals surface area contributed by atoms with E-state index in [1.807, 2.05) is 6.07 Å². The second-order valence-corrected chi connectivity index (χ2v) is 7.88. The molecule has 0 amide bonds. The summed E-state index contributed by atoms with van der Waals surface area (Å²) in [7, 11) is 2.12. The average Bonchev–Trinajstić information content (AvgIpc) is 2.90. The molecule has 1 saturated heterocycles. The number of aryl methyl sites for hydroxylation is 1. The smallest absolute Gasteiger partial charge is 0.302 e. The van der Waals surface area contributed by atoms with E-state index in [1.165, 1.54) is 17.2 Å². The second kappa shape index (κ2) is 7.48. The Morgan fingerprint density at radius 2 is 1.85 bits per heavy atom. The van der Waals surface area contributed by atoms with Gasteiger partial charge in [-0.25, -0.2) is 0 Å². The van der Waals surface area contributed by atoms with Crippen LogP contribution < -0.4 is 0 Å². The Bertz CT molecular complexity index is 817. The van der Waals surface area contributed by atoms with Gasteiger partial charge < -0.3 is 4.90 Å². The molecule has 5 heteroatoms. The number of alkyl halides is 3. The molecule has 3 unspecified atom stereocenters. The second-order valence-electron chi connectivity index (χ2n) is 7.88. The van der Waals surface area contributed by atoms with Crippen LogP contribution in [0.5, 0.6) is 0 Å². The third-order valence-electron chi connectivity index (χ3n) is 6.23. The maximum absolute atomic E-state index is 13.4. The number of nitrogens with zero attached hydrogens (tertiary/aromatic N) is 1. The van der Waals surface area contributed by atoms with Crippen LogP contribution in [0.1, 0.15) is 40.2 Å². The van der Waals surface area contributed by atoms with Crippen molar-refractivity contribution >= 4 is 12.4 Å². The standard InChI is InChI=1S/C22H24F3N.ClH/c1-14-5-3-6-15(11-14)12-21-18-10-9-17-16(19(18)13-26(21)2)7-4-8-20(17)22(23,24)25;/h3-8,11,18-19,21H,9-10,12-13H2,1-2H3;1H. The molecule has 1 fully saturated rings. The van der Waals surface area contributed by atoms with E-state index in [4.69, 9.17) is 0 Å². The summed E-state index contributed by atoms with van der Waals surface area (Å²) in [5.74, 6) is 0.636. The van der Waals surface area contributed by atoms with Crippen molar-refractivity contribution in [3.63, 3.8) is 0 Å². The van der Waals surface area contributed by atoms with E-state index in [1.54, 1.807) is 6.07 Å². The highest BCUT2D eigenvalue weighted by Crippen LogP contribution is 2.48. The van der Waals surface area contributed by atoms with Crippen molar-refractivity contribution in [3.05, 3.63) is 70.3 Å². The summed E-state index contributed by atoms with van der Waals surface area (Å²) in [5.41, 5.74) is 3.60. The summed E-state index contributed by atoms with van der Waals surface area (Å²) in [6.07, 6.45) is -1.92. The number of rotatable bonds is 2. The van der Waals surface area contributed by atoms with E-state index in [2.05, 4.69) is 43.1 Å². The number of hydrogen-bond acceptors (Lipinski definition) is 1. The van der Waals surface area contributed by atoms with Gasteiger partial charge in [-0.1, -0.05) is 42.0 Å². The van der Waals surface area contributed by atoms with Crippen LogP contribution >= 0.6 is 12.4 Å². The lowest BCUT2D eigenvalue weighted by molar-refractivity contribution is -0.138. The lowest BCUT2D eigenvalue weighted by atomic mass is 9.72. The molecule has 27 heavy (non-hydrogen) atoms. The van der Waals surface area contributed by atoms with Crippen molar-refractivity contribution in [1.29, 1.82) is 0 Å². The van der Waals surface area contributed by atoms with Gasteiger partial charge in [-0.3, -0.25) is 0 Å². The number of likely N-dealkylation sites (N-methyl/N-ethyl adjacent to an activating group) is 1. The molecule has 146 valence electrons. The third kappa shape index (κ3) is 3.74. The number of fused-ring (bicyclic) bond motifs is 3. The molecule has 2 aromatic rings. The SMILES string of the molecule is Cc1cccc(CC2C3CCc4c(cccc4C(F)(F)F)C3CN2C)c1.Cl. The van der Waals surface area contributed by atoms with Gasteiger partial charge in [0.2, 0.25) is 0 Å². The van der Waals surface area contributed by atoms with Crippen LogP contribution in [0.2, 0.25) is 0 Å². The fourth-order valence-corrected chi connectivity index (χ4v) is 5.09. The minimum absolute atomic E-state index is 0. The molecule has 4 rings (SSSR count). The van der Waals surface area contributed by atoms with Gasteiger partial charge in [0.25, 0.3) is 0 Å². The zero-order chi connectivity index (χ0) is 18.5. The van der Waals surface area contributed by atoms with Crippen LogP contribution in [0, 0.1) is 12.8 Å². The average molecular weight is 396 g/mol. The van der Waals surface area contributed by atoms with Crippen LogP contribution in [0.3, 0.4) is 0 Å². The fourth-order valence-electron chi connectivity index (χ4n) is 5.09. The lowest BCUT2D eigenvalue weighted by Gasteiger charge is -2.33. The van der Waals surface area contributed by atoms with Crippen LogP contribution in [-0.2, 0) is 19.0 Å². The molecule has 1 aliphatic carbocycles. The number of benzene rings is 2. The minimum atomic E-state index is -4.26. The highest BCUT2D eigenvalue weighted by Gasteiger charge is 2.45. The largest absolute Gasteiger partial charge is 0.416 e. The molecule has 2 aromatic carbocycles. The quantitative estimate of drug-likeness (QED) is 0.636. The lowest BCUT2D eigenvalue weighted by Crippen LogP contribution is -2.33. The Kier molecular flexibility index (Phi) is 5.60. The van der Waals surface area contributed by atoms with E-state index in [9.17, 15) is 13.2 Å². The van der Waals surface area contributed by atoms with Crippen molar-refractivity contribution in [1.82, 2.24) is 4.90 Å². The molecular formula is C22H25ClF3N. The maximum atomic E-state index is 13.4. The number of likely N-dealkylation sites (tertiary alicyclic amines) is 1. The Balaban J connectivity index is 0.00000210. The molecular weight excluding hydrogens is 371 g/mol. The Morgan fingerprint density at radius 1 is 1.11 bits per heavy atom. The van der Waals surface area contributed by atoms with Crippen LogP contribution in [0.4, 0.5) is 13.2 Å².